The van der Waals surface area contributed by atoms with Gasteiger partial charge in [0.25, 0.3) is 0 Å². The van der Waals surface area contributed by atoms with Crippen molar-refractivity contribution in [1.29, 1.82) is 0 Å². The number of nitrogens with one attached hydrogen (secondary N) is 1. The molecule has 0 saturated carbocycles. The summed E-state index contributed by atoms with van der Waals surface area (Å²) in [7, 11) is 3.87. The van der Waals surface area contributed by atoms with Gasteiger partial charge in [-0.05, 0) is 24.6 Å². The fraction of sp³-hybridized carbons (Fsp3) is 0.429. The van der Waals surface area contributed by atoms with E-state index < -0.39 is 0 Å². The average Bonchev–Trinajstić information content (AvgIpc) is 2.82. The molecule has 0 aliphatic heterocycles. The number of benzene rings is 1. The summed E-state index contributed by atoms with van der Waals surface area (Å²) in [5, 5.41) is 11.4. The number of likely N-dealkylation sites (N-methyl/N-ethyl adjacent to an activating group) is 1. The second-order valence-electron chi connectivity index (χ2n) is 4.52. The van der Waals surface area contributed by atoms with Gasteiger partial charge in [-0.3, -0.25) is 4.68 Å². The van der Waals surface area contributed by atoms with E-state index in [4.69, 9.17) is 0 Å². The second-order valence-corrected chi connectivity index (χ2v) is 4.52. The molecule has 0 saturated heterocycles. The van der Waals surface area contributed by atoms with E-state index in [2.05, 4.69) is 46.8 Å². The van der Waals surface area contributed by atoms with Crippen molar-refractivity contribution in [2.75, 3.05) is 7.05 Å². The van der Waals surface area contributed by atoms with E-state index in [1.165, 1.54) is 11.1 Å². The third kappa shape index (κ3) is 2.96. The molecule has 4 nitrogen and oxygen atoms in total. The molecule has 1 aromatic carbocycles. The SMILES string of the molecule is CCc1ccc(C(Cc2cn(C)nn2)NC)cc1. The van der Waals surface area contributed by atoms with Crippen LogP contribution < -0.4 is 5.32 Å². The lowest BCUT2D eigenvalue weighted by molar-refractivity contribution is 0.583. The Labute approximate surface area is 108 Å². The lowest BCUT2D eigenvalue weighted by Gasteiger charge is -2.15. The highest BCUT2D eigenvalue weighted by molar-refractivity contribution is 5.25. The monoisotopic (exact) mass is 244 g/mol. The number of rotatable bonds is 5. The van der Waals surface area contributed by atoms with Gasteiger partial charge in [0.2, 0.25) is 0 Å². The van der Waals surface area contributed by atoms with E-state index in [1.807, 2.05) is 20.3 Å². The highest BCUT2D eigenvalue weighted by atomic mass is 15.4. The van der Waals surface area contributed by atoms with Crippen molar-refractivity contribution in [1.82, 2.24) is 20.3 Å². The normalized spacial score (nSPS) is 12.6. The Bertz CT molecular complexity index is 487. The quantitative estimate of drug-likeness (QED) is 0.873. The summed E-state index contributed by atoms with van der Waals surface area (Å²) >= 11 is 0. The Kier molecular flexibility index (Phi) is 4.10. The molecule has 1 heterocycles. The number of aromatic nitrogens is 3. The zero-order chi connectivity index (χ0) is 13.0. The fourth-order valence-electron chi connectivity index (χ4n) is 2.07. The molecule has 0 amide bonds. The highest BCUT2D eigenvalue weighted by Gasteiger charge is 2.12. The van der Waals surface area contributed by atoms with Gasteiger partial charge >= 0.3 is 0 Å². The summed E-state index contributed by atoms with van der Waals surface area (Å²) in [5.74, 6) is 0. The molecule has 96 valence electrons. The molecular formula is C14H20N4. The zero-order valence-corrected chi connectivity index (χ0v) is 11.2. The maximum absolute atomic E-state index is 4.14. The minimum atomic E-state index is 0.285. The van der Waals surface area contributed by atoms with Crippen LogP contribution in [0, 0.1) is 0 Å². The number of nitrogens with zero attached hydrogens (tertiary/aromatic N) is 3. The topological polar surface area (TPSA) is 42.7 Å². The van der Waals surface area contributed by atoms with Crippen LogP contribution in [0.5, 0.6) is 0 Å². The second kappa shape index (κ2) is 5.78. The van der Waals surface area contributed by atoms with Gasteiger partial charge in [0.1, 0.15) is 0 Å². The van der Waals surface area contributed by atoms with Crippen LogP contribution in [0.2, 0.25) is 0 Å². The number of aryl methyl sites for hydroxylation is 2. The Morgan fingerprint density at radius 3 is 2.50 bits per heavy atom. The molecule has 1 atom stereocenters. The predicted molar refractivity (Wildman–Crippen MR) is 72.3 cm³/mol. The van der Waals surface area contributed by atoms with Gasteiger partial charge in [-0.2, -0.15) is 0 Å². The molecule has 2 rings (SSSR count). The Morgan fingerprint density at radius 2 is 2.00 bits per heavy atom. The fourth-order valence-corrected chi connectivity index (χ4v) is 2.07. The Balaban J connectivity index is 2.12. The van der Waals surface area contributed by atoms with Crippen molar-refractivity contribution in [3.8, 4) is 0 Å². The minimum Gasteiger partial charge on any atom is -0.313 e. The summed E-state index contributed by atoms with van der Waals surface area (Å²) < 4.78 is 1.74. The van der Waals surface area contributed by atoms with E-state index in [1.54, 1.807) is 4.68 Å². The standard InChI is InChI=1S/C14H20N4/c1-4-11-5-7-12(8-6-11)14(15-2)9-13-10-18(3)17-16-13/h5-8,10,14-15H,4,9H2,1-3H3. The molecule has 1 unspecified atom stereocenters. The summed E-state index contributed by atoms with van der Waals surface area (Å²) in [5.41, 5.74) is 3.67. The molecular weight excluding hydrogens is 224 g/mol. The Morgan fingerprint density at radius 1 is 1.28 bits per heavy atom. The van der Waals surface area contributed by atoms with Crippen molar-refractivity contribution in [3.05, 3.63) is 47.3 Å². The van der Waals surface area contributed by atoms with Crippen LogP contribution in [-0.2, 0) is 19.9 Å². The highest BCUT2D eigenvalue weighted by Crippen LogP contribution is 2.17. The first-order valence-electron chi connectivity index (χ1n) is 6.34. The van der Waals surface area contributed by atoms with Crippen LogP contribution in [0.3, 0.4) is 0 Å². The third-order valence-corrected chi connectivity index (χ3v) is 3.20. The summed E-state index contributed by atoms with van der Waals surface area (Å²) in [6.07, 6.45) is 3.90. The van der Waals surface area contributed by atoms with E-state index >= 15 is 0 Å². The summed E-state index contributed by atoms with van der Waals surface area (Å²) in [6.45, 7) is 2.17. The van der Waals surface area contributed by atoms with Crippen molar-refractivity contribution in [2.24, 2.45) is 7.05 Å². The van der Waals surface area contributed by atoms with Crippen LogP contribution in [0.4, 0.5) is 0 Å². The average molecular weight is 244 g/mol. The first-order chi connectivity index (χ1) is 8.72. The molecule has 0 radical (unpaired) electrons. The van der Waals surface area contributed by atoms with Crippen LogP contribution in [0.25, 0.3) is 0 Å². The van der Waals surface area contributed by atoms with Gasteiger partial charge in [0.05, 0.1) is 5.69 Å². The molecule has 1 N–H and O–H groups in total. The van der Waals surface area contributed by atoms with Crippen LogP contribution in [0.15, 0.2) is 30.5 Å². The van der Waals surface area contributed by atoms with Crippen molar-refractivity contribution in [2.45, 2.75) is 25.8 Å². The Hall–Kier alpha value is -1.68. The van der Waals surface area contributed by atoms with E-state index in [0.29, 0.717) is 0 Å². The van der Waals surface area contributed by atoms with Gasteiger partial charge in [-0.25, -0.2) is 0 Å². The maximum atomic E-state index is 4.14. The lowest BCUT2D eigenvalue weighted by Crippen LogP contribution is -2.19. The molecule has 0 fully saturated rings. The van der Waals surface area contributed by atoms with E-state index in [0.717, 1.165) is 18.5 Å². The zero-order valence-electron chi connectivity index (χ0n) is 11.2. The van der Waals surface area contributed by atoms with Gasteiger partial charge < -0.3 is 5.32 Å². The summed E-state index contributed by atoms with van der Waals surface area (Å²) in [6, 6.07) is 9.05. The van der Waals surface area contributed by atoms with Gasteiger partial charge in [0, 0.05) is 25.7 Å². The van der Waals surface area contributed by atoms with Gasteiger partial charge in [0.15, 0.2) is 0 Å². The van der Waals surface area contributed by atoms with Crippen molar-refractivity contribution < 1.29 is 0 Å². The molecule has 4 heteroatoms. The largest absolute Gasteiger partial charge is 0.313 e. The lowest BCUT2D eigenvalue weighted by atomic mass is 10.0. The smallest absolute Gasteiger partial charge is 0.0845 e. The van der Waals surface area contributed by atoms with E-state index in [-0.39, 0.29) is 6.04 Å². The number of hydrogen-bond acceptors (Lipinski definition) is 3. The van der Waals surface area contributed by atoms with Gasteiger partial charge in [-0.15, -0.1) is 5.10 Å². The minimum absolute atomic E-state index is 0.285. The molecule has 0 spiro atoms. The van der Waals surface area contributed by atoms with Crippen molar-refractivity contribution >= 4 is 0 Å². The maximum Gasteiger partial charge on any atom is 0.0845 e. The molecule has 0 aliphatic carbocycles. The number of hydrogen-bond donors (Lipinski definition) is 1. The molecule has 0 aliphatic rings. The van der Waals surface area contributed by atoms with Crippen molar-refractivity contribution in [3.63, 3.8) is 0 Å². The van der Waals surface area contributed by atoms with Crippen LogP contribution in [0.1, 0.15) is 29.8 Å². The first kappa shape index (κ1) is 12.8. The molecule has 0 bridgehead atoms. The molecule has 1 aromatic heterocycles. The summed E-state index contributed by atoms with van der Waals surface area (Å²) in [4.78, 5) is 0. The molecule has 18 heavy (non-hydrogen) atoms. The molecule has 2 aromatic rings. The third-order valence-electron chi connectivity index (χ3n) is 3.20. The van der Waals surface area contributed by atoms with E-state index in [9.17, 15) is 0 Å². The van der Waals surface area contributed by atoms with Gasteiger partial charge in [-0.1, -0.05) is 36.4 Å². The van der Waals surface area contributed by atoms with Crippen LogP contribution >= 0.6 is 0 Å². The predicted octanol–water partition coefficient (Wildman–Crippen LogP) is 1.88. The first-order valence-corrected chi connectivity index (χ1v) is 6.34. The van der Waals surface area contributed by atoms with Crippen LogP contribution in [-0.4, -0.2) is 22.0 Å².